The summed E-state index contributed by atoms with van der Waals surface area (Å²) in [6.45, 7) is 18.6. The van der Waals surface area contributed by atoms with Crippen molar-refractivity contribution in [3.05, 3.63) is 181 Å². The number of pyridine rings is 2. The van der Waals surface area contributed by atoms with Gasteiger partial charge in [-0.25, -0.2) is 39.5 Å². The van der Waals surface area contributed by atoms with E-state index in [4.69, 9.17) is 44.9 Å². The van der Waals surface area contributed by atoms with E-state index in [-0.39, 0.29) is 48.8 Å². The van der Waals surface area contributed by atoms with E-state index in [1.54, 1.807) is 73.6 Å². The molecule has 2 aliphatic rings. The highest BCUT2D eigenvalue weighted by Crippen LogP contribution is 2.53. The number of anilines is 4. The second-order valence-electron chi connectivity index (χ2n) is 28.2. The summed E-state index contributed by atoms with van der Waals surface area (Å²) in [7, 11) is 0. The summed E-state index contributed by atoms with van der Waals surface area (Å²) >= 11 is 0. The van der Waals surface area contributed by atoms with Crippen molar-refractivity contribution >= 4 is 103 Å². The number of aromatic nitrogens is 8. The number of esters is 4. The molecule has 24 heteroatoms. The topological polar surface area (TPSA) is 321 Å². The molecule has 0 bridgehead atoms. The molecule has 10 aromatic rings. The van der Waals surface area contributed by atoms with Crippen LogP contribution in [-0.4, -0.2) is 99.5 Å². The fourth-order valence-electron chi connectivity index (χ4n) is 13.3. The molecule has 0 spiro atoms. The van der Waals surface area contributed by atoms with Crippen LogP contribution in [0.4, 0.5) is 32.9 Å². The number of nitrogens with two attached hydrogens (primary N) is 2. The van der Waals surface area contributed by atoms with E-state index < -0.39 is 77.2 Å². The molecule has 102 heavy (non-hydrogen) atoms. The Bertz CT molecular complexity index is 4680. The molecule has 0 unspecified atom stereocenters. The van der Waals surface area contributed by atoms with Crippen molar-refractivity contribution in [2.75, 3.05) is 22.1 Å². The van der Waals surface area contributed by atoms with E-state index in [0.717, 1.165) is 38.5 Å². The number of rotatable bonds is 22. The maximum absolute atomic E-state index is 13.4. The molecule has 2 saturated carbocycles. The zero-order valence-electron chi connectivity index (χ0n) is 59.1. The van der Waals surface area contributed by atoms with Crippen LogP contribution in [0.25, 0.3) is 43.9 Å². The van der Waals surface area contributed by atoms with Crippen LogP contribution < -0.4 is 22.1 Å². The Morgan fingerprint density at radius 2 is 0.922 bits per heavy atom. The van der Waals surface area contributed by atoms with Gasteiger partial charge in [-0.1, -0.05) is 154 Å². The number of hydrogen-bond donors (Lipinski definition) is 4. The number of ether oxygens (including phenoxy) is 6. The summed E-state index contributed by atoms with van der Waals surface area (Å²) in [4.78, 5) is 105. The van der Waals surface area contributed by atoms with Crippen molar-refractivity contribution in [1.82, 2.24) is 39.0 Å². The fourth-order valence-corrected chi connectivity index (χ4v) is 13.3. The third-order valence-corrected chi connectivity index (χ3v) is 19.1. The highest BCUT2D eigenvalue weighted by Gasteiger charge is 2.58. The monoisotopic (exact) mass is 1380 g/mol. The molecular formula is C78H88N12O12. The van der Waals surface area contributed by atoms with Gasteiger partial charge in [0.05, 0.1) is 57.6 Å². The summed E-state index contributed by atoms with van der Waals surface area (Å²) in [6.07, 6.45) is 5.71. The number of carbonyl (C=O) groups is 6. The number of nitrogens with zero attached hydrogens (tertiary/aromatic N) is 8. The van der Waals surface area contributed by atoms with Gasteiger partial charge in [-0.15, -0.1) is 0 Å². The van der Waals surface area contributed by atoms with Crippen molar-refractivity contribution < 1.29 is 57.2 Å². The van der Waals surface area contributed by atoms with Gasteiger partial charge in [0.15, 0.2) is 12.2 Å². The van der Waals surface area contributed by atoms with Gasteiger partial charge < -0.3 is 49.0 Å². The summed E-state index contributed by atoms with van der Waals surface area (Å²) < 4.78 is 39.7. The molecule has 2 fully saturated rings. The Morgan fingerprint density at radius 3 is 1.42 bits per heavy atom. The number of nitrogen functional groups attached to an aromatic ring is 2. The van der Waals surface area contributed by atoms with Crippen LogP contribution >= 0.6 is 0 Å². The Kier molecular flexibility index (Phi) is 22.1. The van der Waals surface area contributed by atoms with Gasteiger partial charge in [0.1, 0.15) is 72.6 Å². The molecule has 2 aliphatic carbocycles. The summed E-state index contributed by atoms with van der Waals surface area (Å²) in [6, 6.07) is 41.1. The maximum atomic E-state index is 13.4. The van der Waals surface area contributed by atoms with Gasteiger partial charge in [0, 0.05) is 34.0 Å². The van der Waals surface area contributed by atoms with Gasteiger partial charge in [0.25, 0.3) is 0 Å². The molecule has 2 amide bonds. The van der Waals surface area contributed by atoms with Crippen LogP contribution in [-0.2, 0) is 73.7 Å². The van der Waals surface area contributed by atoms with Gasteiger partial charge in [0.2, 0.25) is 0 Å². The molecule has 8 atom stereocenters. The summed E-state index contributed by atoms with van der Waals surface area (Å²) in [5.41, 5.74) is 17.3. The molecule has 0 saturated heterocycles. The molecule has 12 rings (SSSR count). The molecule has 6 heterocycles. The Morgan fingerprint density at radius 1 is 0.490 bits per heavy atom. The van der Waals surface area contributed by atoms with Crippen molar-refractivity contribution in [3.8, 4) is 0 Å². The number of carbonyl (C=O) groups excluding carboxylic acids is 6. The lowest BCUT2D eigenvalue weighted by Crippen LogP contribution is -2.43. The first-order valence-electron chi connectivity index (χ1n) is 34.5. The largest absolute Gasteiger partial charge is 0.458 e. The van der Waals surface area contributed by atoms with Crippen molar-refractivity contribution in [3.63, 3.8) is 0 Å². The summed E-state index contributed by atoms with van der Waals surface area (Å²) in [5, 5.41) is 8.64. The number of benzene rings is 4. The van der Waals surface area contributed by atoms with E-state index in [9.17, 15) is 28.8 Å². The highest BCUT2D eigenvalue weighted by molar-refractivity contribution is 5.96. The third kappa shape index (κ3) is 16.7. The number of hydrogen-bond acceptors (Lipinski definition) is 20. The summed E-state index contributed by atoms with van der Waals surface area (Å²) in [5.74, 6) is -1.60. The highest BCUT2D eigenvalue weighted by atomic mass is 16.6. The molecule has 532 valence electrons. The van der Waals surface area contributed by atoms with E-state index >= 15 is 0 Å². The second kappa shape index (κ2) is 31.2. The molecule has 6 aromatic heterocycles. The van der Waals surface area contributed by atoms with Crippen molar-refractivity contribution in [2.45, 2.75) is 157 Å². The predicted octanol–water partition coefficient (Wildman–Crippen LogP) is 14.1. The number of amides is 2. The predicted molar refractivity (Wildman–Crippen MR) is 387 cm³/mol. The van der Waals surface area contributed by atoms with Crippen LogP contribution in [0, 0.1) is 34.5 Å². The van der Waals surface area contributed by atoms with E-state index in [2.05, 4.69) is 55.5 Å². The third-order valence-electron chi connectivity index (χ3n) is 19.1. The molecule has 24 nitrogen and oxygen atoms in total. The molecule has 4 aromatic carbocycles. The maximum Gasteiger partial charge on any atom is 0.413 e. The van der Waals surface area contributed by atoms with Crippen molar-refractivity contribution in [1.29, 1.82) is 0 Å². The van der Waals surface area contributed by atoms with Crippen LogP contribution in [0.15, 0.2) is 159 Å². The lowest BCUT2D eigenvalue weighted by Gasteiger charge is -2.34. The lowest BCUT2D eigenvalue weighted by atomic mass is 9.80. The van der Waals surface area contributed by atoms with Gasteiger partial charge in [-0.05, 0) is 109 Å². The number of aryl methyl sites for hydroxylation is 2. The van der Waals surface area contributed by atoms with E-state index in [0.29, 0.717) is 83.6 Å². The minimum atomic E-state index is -0.867. The molecular weight excluding hydrogens is 1300 g/mol. The van der Waals surface area contributed by atoms with Crippen LogP contribution in [0.1, 0.15) is 129 Å². The standard InChI is InChI=1S/C47H50N6O8.C31H38N6O4/c1-29(2)43(54)60-39-37(53-23-21-35-41(48-28-49-42(35)53)52-46(57)59-27-33-14-10-7-11-15-33)25-47(5,40(39)61-44(55)30(3)4)22-20-31-16-17-34-18-19-38(50-36(34)24-31)51-45(56)58-26-32-12-8-6-9-13-32;1-17(2)29(38)40-25-23(37-13-11-21-27(33)34-16-35-28(21)37)15-31(5,26(25)41-30(39)18(3)4)12-10-19-6-7-20-8-9-24(32)36-22(20)14-19/h6-19,21,23-24,28-30,37,39-40H,20,22,25-27H2,1-5H3,(H,50,51,56)(H,48,49,52,57);6-9,11,13-14,16-18,23,25-26H,10,12,15H2,1-5H3,(H2,32,36)(H2,33,34,35)/t37-,39+,40+,47+;23-,25+,26+,31+/m11/s1. The fraction of sp³-hybridized carbons (Fsp3) is 0.385. The first-order chi connectivity index (χ1) is 48.8. The first-order valence-corrected chi connectivity index (χ1v) is 34.5. The average Bonchev–Trinajstić information content (AvgIpc) is 1.59. The zero-order valence-corrected chi connectivity index (χ0v) is 59.1. The Labute approximate surface area is 591 Å². The Hall–Kier alpha value is -11.0. The normalized spacial score (nSPS) is 20.2. The van der Waals surface area contributed by atoms with Gasteiger partial charge in [-0.2, -0.15) is 0 Å². The number of fused-ring (bicyclic) bond motifs is 4. The van der Waals surface area contributed by atoms with Crippen LogP contribution in [0.5, 0.6) is 0 Å². The smallest absolute Gasteiger partial charge is 0.413 e. The van der Waals surface area contributed by atoms with Crippen molar-refractivity contribution in [2.24, 2.45) is 34.5 Å². The number of nitrogens with one attached hydrogen (secondary N) is 2. The van der Waals surface area contributed by atoms with Gasteiger partial charge in [-0.3, -0.25) is 29.8 Å². The van der Waals surface area contributed by atoms with Crippen LogP contribution in [0.2, 0.25) is 0 Å². The molecule has 0 radical (unpaired) electrons. The lowest BCUT2D eigenvalue weighted by molar-refractivity contribution is -0.177. The van der Waals surface area contributed by atoms with E-state index in [1.165, 1.54) is 12.7 Å². The minimum Gasteiger partial charge on any atom is -0.458 e. The molecule has 6 N–H and O–H groups in total. The average molecular weight is 1390 g/mol. The molecule has 0 aliphatic heterocycles. The van der Waals surface area contributed by atoms with Crippen LogP contribution in [0.3, 0.4) is 0 Å². The first kappa shape index (κ1) is 72.2. The quantitative estimate of drug-likeness (QED) is 0.0362. The second-order valence-corrected chi connectivity index (χ2v) is 28.2. The zero-order chi connectivity index (χ0) is 72.6. The van der Waals surface area contributed by atoms with Gasteiger partial charge >= 0.3 is 36.1 Å². The minimum absolute atomic E-state index is 0.0852. The SMILES string of the molecule is CC(C)C(=O)O[C@H]1[C@H](n2ccc3c(N)ncnc32)C[C@](C)(CCc2ccc3ccc(N)nc3c2)[C@H]1OC(=O)C(C)C.CC(C)C(=O)O[C@H]1[C@H](n2ccc3c(NC(=O)OCc4ccccc4)ncnc32)C[C@](C)(CCc2ccc3ccc(NC(=O)OCc4ccccc4)nc3c2)[C@H]1OC(=O)C(C)C. The Balaban J connectivity index is 0.000000221. The van der Waals surface area contributed by atoms with E-state index in [1.807, 2.05) is 131 Å².